The predicted octanol–water partition coefficient (Wildman–Crippen LogP) is 1.35. The van der Waals surface area contributed by atoms with Gasteiger partial charge < -0.3 is 10.2 Å². The van der Waals surface area contributed by atoms with Crippen LogP contribution < -0.4 is 5.32 Å². The van der Waals surface area contributed by atoms with Gasteiger partial charge in [0.25, 0.3) is 5.91 Å². The zero-order valence-electron chi connectivity index (χ0n) is 13.5. The van der Waals surface area contributed by atoms with Gasteiger partial charge in [-0.1, -0.05) is 11.6 Å². The van der Waals surface area contributed by atoms with Crippen molar-refractivity contribution >= 4 is 23.0 Å². The minimum atomic E-state index is -0.147. The number of carbonyl (C=O) groups excluding carboxylic acids is 1. The molecule has 1 aliphatic rings. The smallest absolute Gasteiger partial charge is 0.271 e. The highest BCUT2D eigenvalue weighted by Crippen LogP contribution is 2.13. The van der Waals surface area contributed by atoms with Crippen LogP contribution in [0, 0.1) is 0 Å². The maximum atomic E-state index is 12.3. The van der Waals surface area contributed by atoms with Gasteiger partial charge in [-0.15, -0.1) is 0 Å². The van der Waals surface area contributed by atoms with Gasteiger partial charge in [0.05, 0.1) is 5.52 Å². The van der Waals surface area contributed by atoms with Crippen LogP contribution in [0.5, 0.6) is 0 Å². The largest absolute Gasteiger partial charge is 0.349 e. The Bertz CT molecular complexity index is 693. The number of pyridine rings is 1. The van der Waals surface area contributed by atoms with E-state index in [9.17, 15) is 4.79 Å². The van der Waals surface area contributed by atoms with E-state index in [-0.39, 0.29) is 5.91 Å². The molecule has 0 aliphatic carbocycles. The first-order valence-electron chi connectivity index (χ1n) is 7.88. The third-order valence-corrected chi connectivity index (χ3v) is 4.61. The second kappa shape index (κ2) is 6.86. The van der Waals surface area contributed by atoms with E-state index < -0.39 is 0 Å². The van der Waals surface area contributed by atoms with Crippen LogP contribution in [0.2, 0.25) is 5.02 Å². The quantitative estimate of drug-likeness (QED) is 0.916. The number of hydrogen-bond acceptors (Lipinski definition) is 4. The fourth-order valence-electron chi connectivity index (χ4n) is 2.80. The van der Waals surface area contributed by atoms with Crippen molar-refractivity contribution in [3.05, 3.63) is 35.1 Å². The molecule has 3 rings (SSSR count). The number of hydrogen-bond donors (Lipinski definition) is 1. The van der Waals surface area contributed by atoms with Crippen molar-refractivity contribution in [2.45, 2.75) is 13.0 Å². The molecule has 2 aromatic rings. The van der Waals surface area contributed by atoms with Crippen molar-refractivity contribution in [3.63, 3.8) is 0 Å². The van der Waals surface area contributed by atoms with E-state index in [1.807, 2.05) is 0 Å². The highest BCUT2D eigenvalue weighted by Gasteiger charge is 2.20. The molecule has 1 atom stereocenters. The summed E-state index contributed by atoms with van der Waals surface area (Å²) in [5.74, 6) is -0.147. The fourth-order valence-corrected chi connectivity index (χ4v) is 2.97. The zero-order chi connectivity index (χ0) is 16.4. The zero-order valence-corrected chi connectivity index (χ0v) is 14.3. The van der Waals surface area contributed by atoms with Gasteiger partial charge in [0.2, 0.25) is 0 Å². The number of carbonyl (C=O) groups is 1. The van der Waals surface area contributed by atoms with E-state index >= 15 is 0 Å². The molecule has 0 unspecified atom stereocenters. The second-order valence-corrected chi connectivity index (χ2v) is 6.58. The molecule has 3 heterocycles. The van der Waals surface area contributed by atoms with Crippen molar-refractivity contribution in [2.75, 3.05) is 39.8 Å². The van der Waals surface area contributed by atoms with Gasteiger partial charge in [0.15, 0.2) is 5.69 Å². The average molecular weight is 336 g/mol. The first-order chi connectivity index (χ1) is 11.0. The first-order valence-corrected chi connectivity index (χ1v) is 8.26. The van der Waals surface area contributed by atoms with E-state index in [1.54, 1.807) is 28.9 Å². The van der Waals surface area contributed by atoms with E-state index in [2.05, 4.69) is 34.2 Å². The summed E-state index contributed by atoms with van der Waals surface area (Å²) < 4.78 is 1.66. The molecule has 0 aromatic carbocycles. The normalized spacial score (nSPS) is 18.2. The summed E-state index contributed by atoms with van der Waals surface area (Å²) in [5, 5.41) is 7.89. The van der Waals surface area contributed by atoms with Crippen molar-refractivity contribution in [2.24, 2.45) is 0 Å². The molecular formula is C16H22ClN5O. The van der Waals surface area contributed by atoms with Crippen LogP contribution in [0.15, 0.2) is 24.4 Å². The lowest BCUT2D eigenvalue weighted by Gasteiger charge is -2.36. The second-order valence-electron chi connectivity index (χ2n) is 6.14. The highest BCUT2D eigenvalue weighted by molar-refractivity contribution is 6.30. The van der Waals surface area contributed by atoms with Gasteiger partial charge in [-0.05, 0) is 32.2 Å². The lowest BCUT2D eigenvalue weighted by molar-refractivity contribution is 0.0899. The third-order valence-electron chi connectivity index (χ3n) is 4.38. The van der Waals surface area contributed by atoms with Crippen LogP contribution in [-0.2, 0) is 0 Å². The van der Waals surface area contributed by atoms with Crippen LogP contribution in [-0.4, -0.2) is 71.1 Å². The summed E-state index contributed by atoms with van der Waals surface area (Å²) in [4.78, 5) is 17.0. The van der Waals surface area contributed by atoms with Gasteiger partial charge in [-0.25, -0.2) is 4.52 Å². The first kappa shape index (κ1) is 16.2. The molecule has 1 aliphatic heterocycles. The summed E-state index contributed by atoms with van der Waals surface area (Å²) >= 11 is 5.96. The van der Waals surface area contributed by atoms with Gasteiger partial charge >= 0.3 is 0 Å². The Morgan fingerprint density at radius 1 is 1.35 bits per heavy atom. The maximum Gasteiger partial charge on any atom is 0.271 e. The van der Waals surface area contributed by atoms with Crippen molar-refractivity contribution in [1.82, 2.24) is 24.7 Å². The number of piperazine rings is 1. The number of nitrogens with one attached hydrogen (secondary N) is 1. The molecule has 1 amide bonds. The van der Waals surface area contributed by atoms with Crippen LogP contribution in [0.25, 0.3) is 5.52 Å². The number of rotatable bonds is 4. The Kier molecular flexibility index (Phi) is 4.84. The monoisotopic (exact) mass is 335 g/mol. The van der Waals surface area contributed by atoms with Crippen molar-refractivity contribution in [3.8, 4) is 0 Å². The van der Waals surface area contributed by atoms with Crippen LogP contribution in [0.1, 0.15) is 17.4 Å². The molecular weight excluding hydrogens is 314 g/mol. The minimum absolute atomic E-state index is 0.147. The van der Waals surface area contributed by atoms with Crippen LogP contribution in [0.3, 0.4) is 0 Å². The Morgan fingerprint density at radius 2 is 2.09 bits per heavy atom. The Morgan fingerprint density at radius 3 is 2.83 bits per heavy atom. The molecule has 6 nitrogen and oxygen atoms in total. The molecule has 1 saturated heterocycles. The summed E-state index contributed by atoms with van der Waals surface area (Å²) in [6, 6.07) is 5.61. The van der Waals surface area contributed by atoms with E-state index in [0.29, 0.717) is 23.3 Å². The topological polar surface area (TPSA) is 52.9 Å². The molecule has 0 saturated carbocycles. The minimum Gasteiger partial charge on any atom is -0.349 e. The SMILES string of the molecule is C[C@@H](CNC(=O)c1cc2cc(Cl)ccn2n1)N1CCN(C)CC1. The summed E-state index contributed by atoms with van der Waals surface area (Å²) in [6.45, 7) is 7.00. The molecule has 124 valence electrons. The molecule has 2 aromatic heterocycles. The van der Waals surface area contributed by atoms with Gasteiger partial charge in [-0.3, -0.25) is 9.69 Å². The number of fused-ring (bicyclic) bond motifs is 1. The fraction of sp³-hybridized carbons (Fsp3) is 0.500. The molecule has 23 heavy (non-hydrogen) atoms. The van der Waals surface area contributed by atoms with Crippen LogP contribution in [0.4, 0.5) is 0 Å². The van der Waals surface area contributed by atoms with Crippen LogP contribution >= 0.6 is 11.6 Å². The summed E-state index contributed by atoms with van der Waals surface area (Å²) in [5.41, 5.74) is 1.23. The standard InChI is InChI=1S/C16H22ClN5O/c1-12(21-7-5-20(2)6-8-21)11-18-16(23)15-10-14-9-13(17)3-4-22(14)19-15/h3-4,9-10,12H,5-8,11H2,1-2H3,(H,18,23)/t12-/m0/s1. The number of halogens is 1. The maximum absolute atomic E-state index is 12.3. The van der Waals surface area contributed by atoms with Gasteiger partial charge in [0.1, 0.15) is 0 Å². The molecule has 7 heteroatoms. The number of amides is 1. The van der Waals surface area contributed by atoms with E-state index in [4.69, 9.17) is 11.6 Å². The Balaban J connectivity index is 1.57. The Labute approximate surface area is 141 Å². The lowest BCUT2D eigenvalue weighted by Crippen LogP contribution is -2.51. The molecule has 1 fully saturated rings. The average Bonchev–Trinajstić information content (AvgIpc) is 2.96. The molecule has 0 radical (unpaired) electrons. The summed E-state index contributed by atoms with van der Waals surface area (Å²) in [7, 11) is 2.14. The number of nitrogens with zero attached hydrogens (tertiary/aromatic N) is 4. The predicted molar refractivity (Wildman–Crippen MR) is 91.1 cm³/mol. The lowest BCUT2D eigenvalue weighted by atomic mass is 10.2. The van der Waals surface area contributed by atoms with Crippen molar-refractivity contribution in [1.29, 1.82) is 0 Å². The van der Waals surface area contributed by atoms with E-state index in [1.165, 1.54) is 0 Å². The van der Waals surface area contributed by atoms with E-state index in [0.717, 1.165) is 31.7 Å². The van der Waals surface area contributed by atoms with Crippen molar-refractivity contribution < 1.29 is 4.79 Å². The molecule has 0 spiro atoms. The van der Waals surface area contributed by atoms with Gasteiger partial charge in [0, 0.05) is 50.0 Å². The Hall–Kier alpha value is -1.63. The molecule has 1 N–H and O–H groups in total. The number of likely N-dealkylation sites (N-methyl/N-ethyl adjacent to an activating group) is 1. The molecule has 0 bridgehead atoms. The summed E-state index contributed by atoms with van der Waals surface area (Å²) in [6.07, 6.45) is 1.75. The third kappa shape index (κ3) is 3.83. The van der Waals surface area contributed by atoms with Gasteiger partial charge in [-0.2, -0.15) is 5.10 Å². The highest BCUT2D eigenvalue weighted by atomic mass is 35.5. The number of aromatic nitrogens is 2.